The van der Waals surface area contributed by atoms with Gasteiger partial charge in [-0.3, -0.25) is 76.8 Å². The Morgan fingerprint density at radius 1 is 0.682 bits per heavy atom. The molecule has 1 aromatic carbocycles. The largest absolute Gasteiger partial charge is 0.481 e. The Kier molecular flexibility index (Phi) is 32.4. The molecule has 0 radical (unpaired) electrons. The minimum Gasteiger partial charge on any atom is -0.481 e. The van der Waals surface area contributed by atoms with E-state index in [9.17, 15) is 82.8 Å². The second-order valence-electron chi connectivity index (χ2n) is 29.2. The standard InChI is InChI=1S/C71H101N19O19S/c1-36(2)57-69(107)83-51(28-43-27-40-12-8-9-13-41(40)30-73-43)66(104)80-48(64(102)86-58(38(4)91)70(108)109)23-25-110-34-53(84-65(103)49(20-22-56(95)96)87-71(5,6)7)68(106)76-37(3)59(97)78-47-18-17-42-33-90(89-88-42)24-11-10-14-45(63(101)85-57)79-61(99)46(19-21-55(93)94)77-54(92)32-74-60(98)50(26-39-15-16-39)81-67(105)52(82-62(47)100)29-44-31-72-35-75-44/h8-9,12-13,27,30-31,33,35-39,45-53,57-58,87,91H,10-11,14-26,28-29,32,34H2,1-7H3,(H,72,75)(H,74,98)(H,76,106)(H,77,92)(H,78,97)(H,79,99)(H,80,104)(H,81,105)(H,82,100)(H,83,107)(H,84,103)(H,85,101)(H,86,102)(H,93,94)(H,95,96)(H,108,109)/t37-,38?,45-,46-,47-,48-,49-,50-,51-,52-,53-,57-,58-/m0/s1. The lowest BCUT2D eigenvalue weighted by molar-refractivity contribution is -0.145. The molecule has 110 heavy (non-hydrogen) atoms. The molecule has 12 amide bonds. The number of benzene rings is 1. The first-order valence-corrected chi connectivity index (χ1v) is 37.8. The fraction of sp³-hybridized carbons (Fsp3) is 0.592. The molecule has 38 nitrogen and oxygen atoms in total. The Labute approximate surface area is 637 Å². The highest BCUT2D eigenvalue weighted by molar-refractivity contribution is 7.99. The summed E-state index contributed by atoms with van der Waals surface area (Å²) in [6.45, 7) is 9.93. The molecule has 2 aliphatic heterocycles. The number of hydrogen-bond acceptors (Lipinski definition) is 22. The van der Waals surface area contributed by atoms with Crippen LogP contribution in [0.4, 0.5) is 0 Å². The van der Waals surface area contributed by atoms with Crippen LogP contribution in [0.5, 0.6) is 0 Å². The maximum absolute atomic E-state index is 15.1. The van der Waals surface area contributed by atoms with Gasteiger partial charge in [-0.05, 0) is 121 Å². The lowest BCUT2D eigenvalue weighted by Gasteiger charge is -2.30. The van der Waals surface area contributed by atoms with Gasteiger partial charge in [0.2, 0.25) is 70.9 Å². The first-order chi connectivity index (χ1) is 52.1. The summed E-state index contributed by atoms with van der Waals surface area (Å²) in [5, 5.41) is 84.2. The summed E-state index contributed by atoms with van der Waals surface area (Å²) in [6.07, 6.45) is 2.36. The van der Waals surface area contributed by atoms with E-state index >= 15 is 9.59 Å². The first kappa shape index (κ1) is 86.5. The van der Waals surface area contributed by atoms with E-state index in [1.807, 2.05) is 0 Å². The number of aliphatic carboxylic acids is 3. The van der Waals surface area contributed by atoms with E-state index in [4.69, 9.17) is 0 Å². The number of aromatic amines is 1. The van der Waals surface area contributed by atoms with E-state index in [0.29, 0.717) is 35.0 Å². The molecule has 600 valence electrons. The van der Waals surface area contributed by atoms with Crippen LogP contribution in [-0.2, 0) is 97.7 Å². The number of aliphatic hydroxyl groups is 1. The number of H-pyrrole nitrogens is 1. The van der Waals surface area contributed by atoms with Gasteiger partial charge in [0.15, 0.2) is 6.04 Å². The Balaban J connectivity index is 1.34. The molecule has 1 unspecified atom stereocenters. The summed E-state index contributed by atoms with van der Waals surface area (Å²) >= 11 is 0.912. The molecule has 0 spiro atoms. The number of amides is 12. The molecular weight excluding hydrogens is 1450 g/mol. The number of carboxylic acid groups (broad SMARTS) is 3. The zero-order valence-corrected chi connectivity index (χ0v) is 63.2. The van der Waals surface area contributed by atoms with Crippen LogP contribution in [0.25, 0.3) is 10.8 Å². The molecule has 7 rings (SSSR count). The molecule has 3 aromatic heterocycles. The van der Waals surface area contributed by atoms with Crippen molar-refractivity contribution in [1.29, 1.82) is 0 Å². The zero-order valence-electron chi connectivity index (χ0n) is 62.3. The number of aromatic nitrogens is 6. The summed E-state index contributed by atoms with van der Waals surface area (Å²) < 4.78 is 1.45. The number of aliphatic hydroxyl groups excluding tert-OH is 1. The van der Waals surface area contributed by atoms with Crippen molar-refractivity contribution in [3.05, 3.63) is 72.3 Å². The molecule has 0 saturated heterocycles. The summed E-state index contributed by atoms with van der Waals surface area (Å²) in [4.78, 5) is 224. The summed E-state index contributed by atoms with van der Waals surface area (Å²) in [7, 11) is 0. The third-order valence-corrected chi connectivity index (χ3v) is 19.4. The van der Waals surface area contributed by atoms with Crippen molar-refractivity contribution in [1.82, 2.24) is 99.1 Å². The highest BCUT2D eigenvalue weighted by atomic mass is 32.2. The van der Waals surface area contributed by atoms with Gasteiger partial charge in [0.1, 0.15) is 60.4 Å². The van der Waals surface area contributed by atoms with Crippen molar-refractivity contribution in [2.45, 2.75) is 235 Å². The molecule has 5 heterocycles. The number of aryl methyl sites for hydroxylation is 2. The number of pyridine rings is 1. The number of thioether (sulfide) groups is 1. The third-order valence-electron chi connectivity index (χ3n) is 18.4. The van der Waals surface area contributed by atoms with Crippen LogP contribution in [0.1, 0.15) is 143 Å². The molecule has 1 saturated carbocycles. The summed E-state index contributed by atoms with van der Waals surface area (Å²) in [5.41, 5.74) is 0.0700. The van der Waals surface area contributed by atoms with Gasteiger partial charge in [0.25, 0.3) is 0 Å². The second-order valence-corrected chi connectivity index (χ2v) is 30.3. The van der Waals surface area contributed by atoms with Crippen LogP contribution in [-0.4, -0.2) is 241 Å². The number of nitrogens with one attached hydrogen (secondary N) is 14. The highest BCUT2D eigenvalue weighted by Gasteiger charge is 2.39. The zero-order chi connectivity index (χ0) is 80.5. The lowest BCUT2D eigenvalue weighted by Crippen LogP contribution is -2.61. The molecule has 4 bridgehead atoms. The molecule has 13 atom stereocenters. The summed E-state index contributed by atoms with van der Waals surface area (Å²) in [5.74, 6) is -17.4. The van der Waals surface area contributed by atoms with E-state index in [1.165, 1.54) is 30.3 Å². The van der Waals surface area contributed by atoms with Gasteiger partial charge in [-0.15, -0.1) is 5.10 Å². The molecule has 3 aliphatic rings. The smallest absolute Gasteiger partial charge is 0.328 e. The maximum atomic E-state index is 15.1. The van der Waals surface area contributed by atoms with Gasteiger partial charge in [-0.2, -0.15) is 11.8 Å². The Bertz CT molecular complexity index is 3940. The average molecular weight is 1560 g/mol. The van der Waals surface area contributed by atoms with Crippen molar-refractivity contribution in [3.63, 3.8) is 0 Å². The number of hydrogen-bond donors (Lipinski definition) is 18. The molecule has 4 aromatic rings. The van der Waals surface area contributed by atoms with Crippen LogP contribution < -0.4 is 69.1 Å². The number of rotatable bonds is 20. The molecule has 18 N–H and O–H groups in total. The fourth-order valence-electron chi connectivity index (χ4n) is 12.1. The predicted octanol–water partition coefficient (Wildman–Crippen LogP) is -2.84. The Morgan fingerprint density at radius 2 is 1.34 bits per heavy atom. The van der Waals surface area contributed by atoms with E-state index in [2.05, 4.69) is 94.4 Å². The van der Waals surface area contributed by atoms with E-state index in [1.54, 1.807) is 71.1 Å². The quantitative estimate of drug-likeness (QED) is 0.0424. The van der Waals surface area contributed by atoms with Crippen LogP contribution in [0.15, 0.2) is 55.2 Å². The minimum absolute atomic E-state index is 0.0494. The van der Waals surface area contributed by atoms with Crippen LogP contribution >= 0.6 is 11.8 Å². The second kappa shape index (κ2) is 41.2. The highest BCUT2D eigenvalue weighted by Crippen LogP contribution is 2.33. The summed E-state index contributed by atoms with van der Waals surface area (Å²) in [6, 6.07) is -10.1. The predicted molar refractivity (Wildman–Crippen MR) is 394 cm³/mol. The van der Waals surface area contributed by atoms with Crippen molar-refractivity contribution < 1.29 is 92.3 Å². The topological polar surface area (TPSA) is 566 Å². The van der Waals surface area contributed by atoms with Gasteiger partial charge in [-0.25, -0.2) is 9.78 Å². The SMILES string of the molecule is CC(C)[C@@H]1NC(=O)[C@@H]2CCCCn3cc(nn3)CC[C@H](NC(=O)[C@H](C)NC(=O)[C@@H](NC(=O)[C@H](CCC(=O)O)NC(C)(C)C)CSCC[C@@H](C(=O)N[C@H](C(=O)O)C(C)O)NC(=O)[C@H](Cc3cc4ccccc4cn3)NC1=O)C(=O)N[C@@H](Cc1cnc[nH]1)C(=O)N[C@@H](CC1CC1)C(=O)NCC(=O)N[C@@H](CCC(=O)O)C(=O)N2. The van der Waals surface area contributed by atoms with Crippen molar-refractivity contribution in [2.75, 3.05) is 18.1 Å². The first-order valence-electron chi connectivity index (χ1n) is 36.6. The van der Waals surface area contributed by atoms with Crippen LogP contribution in [0, 0.1) is 11.8 Å². The van der Waals surface area contributed by atoms with Gasteiger partial charge in [0, 0.05) is 78.9 Å². The third kappa shape index (κ3) is 28.1. The van der Waals surface area contributed by atoms with E-state index < -0.39 is 218 Å². The number of carbonyl (C=O) groups is 15. The van der Waals surface area contributed by atoms with E-state index in [0.717, 1.165) is 18.7 Å². The molecule has 39 heteroatoms. The number of fused-ring (bicyclic) bond motifs is 7. The average Bonchev–Trinajstić information content (AvgIpc) is 1.74. The number of carboxylic acids is 3. The molecular formula is C71H101N19O19S. The van der Waals surface area contributed by atoms with Gasteiger partial charge >= 0.3 is 17.9 Å². The van der Waals surface area contributed by atoms with Crippen molar-refractivity contribution >= 4 is 111 Å². The number of imidazole rings is 1. The monoisotopic (exact) mass is 1560 g/mol. The van der Waals surface area contributed by atoms with Crippen molar-refractivity contribution in [3.8, 4) is 0 Å². The molecule has 1 fully saturated rings. The number of nitrogens with zero attached hydrogens (tertiary/aromatic N) is 5. The normalized spacial score (nSPS) is 24.4. The minimum atomic E-state index is -1.94. The van der Waals surface area contributed by atoms with E-state index in [-0.39, 0.29) is 81.0 Å². The fourth-order valence-corrected chi connectivity index (χ4v) is 13.2. The van der Waals surface area contributed by atoms with Gasteiger partial charge in [0.05, 0.1) is 30.7 Å². The van der Waals surface area contributed by atoms with Gasteiger partial charge < -0.3 is 94.5 Å². The lowest BCUT2D eigenvalue weighted by atomic mass is 10.00. The number of carbonyl (C=O) groups excluding carboxylic acids is 12. The maximum Gasteiger partial charge on any atom is 0.328 e. The van der Waals surface area contributed by atoms with Gasteiger partial charge in [-0.1, -0.05) is 56.2 Å². The molecule has 1 aliphatic carbocycles. The Morgan fingerprint density at radius 3 is 2.00 bits per heavy atom. The Hall–Kier alpha value is -10.7. The van der Waals surface area contributed by atoms with Crippen LogP contribution in [0.2, 0.25) is 0 Å². The van der Waals surface area contributed by atoms with Crippen molar-refractivity contribution in [2.24, 2.45) is 11.8 Å². The van der Waals surface area contributed by atoms with Crippen LogP contribution in [0.3, 0.4) is 0 Å².